The Hall–Kier alpha value is -3.99. The fraction of sp³-hybridized carbons (Fsp3) is 0.605. The van der Waals surface area contributed by atoms with Crippen molar-refractivity contribution in [1.82, 2.24) is 19.9 Å². The molecule has 3 aliphatic carbocycles. The number of amides is 2. The minimum Gasteiger partial charge on any atom is -0.495 e. The molecule has 3 fully saturated rings. The van der Waals surface area contributed by atoms with Crippen LogP contribution in [0.1, 0.15) is 107 Å². The van der Waals surface area contributed by atoms with E-state index in [9.17, 15) is 19.8 Å². The van der Waals surface area contributed by atoms with Crippen LogP contribution in [-0.2, 0) is 4.79 Å². The SMILES string of the molecule is CCC(O)CN(CC1CCC(C(=O)N(CC2CCC(c3ccc(OC)c(C)n3)CC2)c2cc(-c3coc(C4CC4)n3)ccn2)CC1)C(=O)O. The van der Waals surface area contributed by atoms with E-state index < -0.39 is 12.2 Å². The van der Waals surface area contributed by atoms with Crippen molar-refractivity contribution in [2.45, 2.75) is 102 Å². The fourth-order valence-corrected chi connectivity index (χ4v) is 7.61. The molecule has 2 N–H and O–H groups in total. The Morgan fingerprint density at radius 2 is 1.65 bits per heavy atom. The van der Waals surface area contributed by atoms with Crippen LogP contribution in [0.15, 0.2) is 41.1 Å². The average molecular weight is 674 g/mol. The van der Waals surface area contributed by atoms with Crippen molar-refractivity contribution in [1.29, 1.82) is 0 Å². The molecule has 6 rings (SSSR count). The number of aliphatic hydroxyl groups excluding tert-OH is 1. The van der Waals surface area contributed by atoms with E-state index in [1.807, 2.05) is 36.9 Å². The van der Waals surface area contributed by atoms with Crippen molar-refractivity contribution in [2.24, 2.45) is 17.8 Å². The first-order valence-electron chi connectivity index (χ1n) is 18.1. The number of aryl methyl sites for hydroxylation is 1. The fourth-order valence-electron chi connectivity index (χ4n) is 7.61. The van der Waals surface area contributed by atoms with Gasteiger partial charge >= 0.3 is 6.09 Å². The van der Waals surface area contributed by atoms with Gasteiger partial charge < -0.3 is 24.3 Å². The zero-order valence-electron chi connectivity index (χ0n) is 29.1. The maximum absolute atomic E-state index is 14.4. The number of oxazole rings is 1. The summed E-state index contributed by atoms with van der Waals surface area (Å²) in [5.74, 6) is 3.46. The Morgan fingerprint density at radius 1 is 0.959 bits per heavy atom. The quantitative estimate of drug-likeness (QED) is 0.193. The lowest BCUT2D eigenvalue weighted by Crippen LogP contribution is -2.43. The summed E-state index contributed by atoms with van der Waals surface area (Å²) in [6.07, 6.45) is 11.5. The number of aliphatic hydroxyl groups is 1. The van der Waals surface area contributed by atoms with Crippen LogP contribution in [0, 0.1) is 24.7 Å². The van der Waals surface area contributed by atoms with Gasteiger partial charge in [-0.3, -0.25) is 14.7 Å². The van der Waals surface area contributed by atoms with Crippen LogP contribution < -0.4 is 9.64 Å². The molecule has 264 valence electrons. The smallest absolute Gasteiger partial charge is 0.407 e. The van der Waals surface area contributed by atoms with Crippen LogP contribution in [0.2, 0.25) is 0 Å². The van der Waals surface area contributed by atoms with E-state index in [0.29, 0.717) is 55.9 Å². The normalized spacial score (nSPS) is 23.1. The number of ether oxygens (including phenoxy) is 1. The largest absolute Gasteiger partial charge is 0.495 e. The molecule has 3 heterocycles. The van der Waals surface area contributed by atoms with Gasteiger partial charge in [0.05, 0.1) is 18.9 Å². The van der Waals surface area contributed by atoms with Crippen LogP contribution in [0.5, 0.6) is 5.75 Å². The van der Waals surface area contributed by atoms with Crippen LogP contribution in [0.4, 0.5) is 10.6 Å². The molecule has 2 amide bonds. The molecule has 11 nitrogen and oxygen atoms in total. The lowest BCUT2D eigenvalue weighted by molar-refractivity contribution is -0.123. The number of aromatic nitrogens is 3. The number of methoxy groups -OCH3 is 1. The van der Waals surface area contributed by atoms with Crippen molar-refractivity contribution in [3.63, 3.8) is 0 Å². The summed E-state index contributed by atoms with van der Waals surface area (Å²) >= 11 is 0. The Kier molecular flexibility index (Phi) is 11.2. The number of hydrogen-bond acceptors (Lipinski definition) is 8. The summed E-state index contributed by atoms with van der Waals surface area (Å²) in [6.45, 7) is 4.93. The summed E-state index contributed by atoms with van der Waals surface area (Å²) in [4.78, 5) is 43.8. The highest BCUT2D eigenvalue weighted by Crippen LogP contribution is 2.41. The Labute approximate surface area is 289 Å². The standard InChI is InChI=1S/C38H51N5O6/c1-4-31(44)22-42(38(46)47)20-25-7-11-29(12-8-25)37(45)43(35-19-30(17-18-39-35)33-23-49-36(41-33)28-13-14-28)21-26-5-9-27(10-6-26)32-15-16-34(48-3)24(2)40-32/h15-19,23,25-29,31,44H,4-14,20-22H2,1-3H3,(H,46,47). The van der Waals surface area contributed by atoms with Crippen molar-refractivity contribution in [3.05, 3.63) is 54.0 Å². The second-order valence-electron chi connectivity index (χ2n) is 14.4. The van der Waals surface area contributed by atoms with Gasteiger partial charge in [-0.15, -0.1) is 0 Å². The topological polar surface area (TPSA) is 142 Å². The molecule has 1 unspecified atom stereocenters. The third-order valence-corrected chi connectivity index (χ3v) is 10.9. The number of carbonyl (C=O) groups excluding carboxylic acids is 1. The number of nitrogens with zero attached hydrogens (tertiary/aromatic N) is 5. The molecule has 49 heavy (non-hydrogen) atoms. The van der Waals surface area contributed by atoms with Gasteiger partial charge in [-0.2, -0.15) is 0 Å². The number of carbonyl (C=O) groups is 2. The van der Waals surface area contributed by atoms with Gasteiger partial charge in [0.1, 0.15) is 23.5 Å². The number of anilines is 1. The summed E-state index contributed by atoms with van der Waals surface area (Å²) in [5, 5.41) is 19.8. The van der Waals surface area contributed by atoms with Crippen molar-refractivity contribution in [2.75, 3.05) is 31.6 Å². The van der Waals surface area contributed by atoms with Crippen LogP contribution >= 0.6 is 0 Å². The van der Waals surface area contributed by atoms with Crippen LogP contribution in [0.3, 0.4) is 0 Å². The van der Waals surface area contributed by atoms with E-state index in [4.69, 9.17) is 24.1 Å². The summed E-state index contributed by atoms with van der Waals surface area (Å²) in [7, 11) is 1.67. The molecule has 0 bridgehead atoms. The number of hydrogen-bond donors (Lipinski definition) is 2. The average Bonchev–Trinajstić information content (AvgIpc) is 3.86. The maximum Gasteiger partial charge on any atom is 0.407 e. The van der Waals surface area contributed by atoms with Crippen molar-refractivity contribution < 1.29 is 29.0 Å². The Balaban J connectivity index is 1.15. The van der Waals surface area contributed by atoms with Crippen LogP contribution in [0.25, 0.3) is 11.3 Å². The zero-order chi connectivity index (χ0) is 34.5. The third kappa shape index (κ3) is 8.60. The van der Waals surface area contributed by atoms with E-state index in [-0.39, 0.29) is 24.3 Å². The second kappa shape index (κ2) is 15.7. The minimum absolute atomic E-state index is 0.0907. The highest BCUT2D eigenvalue weighted by Gasteiger charge is 2.35. The summed E-state index contributed by atoms with van der Waals surface area (Å²) in [5.41, 5.74) is 3.66. The minimum atomic E-state index is -1.01. The van der Waals surface area contributed by atoms with Gasteiger partial charge in [0.2, 0.25) is 5.91 Å². The zero-order valence-corrected chi connectivity index (χ0v) is 29.1. The molecule has 3 saturated carbocycles. The molecule has 3 aliphatic rings. The van der Waals surface area contributed by atoms with Gasteiger partial charge in [0.15, 0.2) is 5.89 Å². The predicted molar refractivity (Wildman–Crippen MR) is 186 cm³/mol. The number of carboxylic acid groups (broad SMARTS) is 1. The molecule has 0 aromatic carbocycles. The van der Waals surface area contributed by atoms with Crippen LogP contribution in [-0.4, -0.2) is 74.9 Å². The Bertz CT molecular complexity index is 1570. The predicted octanol–water partition coefficient (Wildman–Crippen LogP) is 7.19. The monoisotopic (exact) mass is 673 g/mol. The molecule has 0 radical (unpaired) electrons. The lowest BCUT2D eigenvalue weighted by atomic mass is 9.79. The lowest BCUT2D eigenvalue weighted by Gasteiger charge is -2.36. The molecule has 3 aromatic rings. The van der Waals surface area contributed by atoms with Gasteiger partial charge in [0, 0.05) is 54.8 Å². The first kappa shape index (κ1) is 34.9. The molecule has 11 heteroatoms. The molecule has 0 aliphatic heterocycles. The molecular weight excluding hydrogens is 622 g/mol. The first-order valence-corrected chi connectivity index (χ1v) is 18.1. The highest BCUT2D eigenvalue weighted by atomic mass is 16.5. The highest BCUT2D eigenvalue weighted by molar-refractivity contribution is 5.94. The second-order valence-corrected chi connectivity index (χ2v) is 14.4. The molecular formula is C38H51N5O6. The van der Waals surface area contributed by atoms with Gasteiger partial charge in [-0.25, -0.2) is 14.8 Å². The van der Waals surface area contributed by atoms with Crippen molar-refractivity contribution >= 4 is 17.8 Å². The van der Waals surface area contributed by atoms with Crippen molar-refractivity contribution in [3.8, 4) is 17.0 Å². The first-order chi connectivity index (χ1) is 23.7. The van der Waals surface area contributed by atoms with E-state index in [2.05, 4.69) is 6.07 Å². The van der Waals surface area contributed by atoms with Gasteiger partial charge in [-0.1, -0.05) is 6.92 Å². The third-order valence-electron chi connectivity index (χ3n) is 10.9. The molecule has 1 atom stereocenters. The number of rotatable bonds is 13. The molecule has 0 spiro atoms. The van der Waals surface area contributed by atoms with Gasteiger partial charge in [-0.05, 0) is 114 Å². The summed E-state index contributed by atoms with van der Waals surface area (Å²) < 4.78 is 11.2. The summed E-state index contributed by atoms with van der Waals surface area (Å²) in [6, 6.07) is 7.98. The maximum atomic E-state index is 14.4. The van der Waals surface area contributed by atoms with E-state index in [1.54, 1.807) is 19.6 Å². The molecule has 0 saturated heterocycles. The number of pyridine rings is 2. The van der Waals surface area contributed by atoms with Gasteiger partial charge in [0.25, 0.3) is 0 Å². The Morgan fingerprint density at radius 3 is 2.31 bits per heavy atom. The van der Waals surface area contributed by atoms with E-state index in [0.717, 1.165) is 85.7 Å². The molecule has 3 aromatic heterocycles. The van der Waals surface area contributed by atoms with E-state index in [1.165, 1.54) is 4.90 Å². The van der Waals surface area contributed by atoms with E-state index >= 15 is 0 Å².